The van der Waals surface area contributed by atoms with Crippen LogP contribution in [-0.4, -0.2) is 176 Å². The second-order valence-electron chi connectivity index (χ2n) is 29.6. The van der Waals surface area contributed by atoms with Crippen molar-refractivity contribution in [1.29, 1.82) is 0 Å². The van der Waals surface area contributed by atoms with Gasteiger partial charge in [0.2, 0.25) is 0 Å². The summed E-state index contributed by atoms with van der Waals surface area (Å²) in [6, 6.07) is 62.9. The second-order valence-corrected chi connectivity index (χ2v) is 29.6. The van der Waals surface area contributed by atoms with Crippen molar-refractivity contribution in [3.05, 3.63) is 241 Å². The highest BCUT2D eigenvalue weighted by Crippen LogP contribution is 2.34. The molecule has 0 heterocycles. The Hall–Kier alpha value is -12.9. The normalized spacial score (nSPS) is 13.2. The number of carbonyl (C=O) groups is 10. The van der Waals surface area contributed by atoms with Crippen LogP contribution < -0.4 is 18.9 Å². The lowest BCUT2D eigenvalue weighted by Gasteiger charge is -2.35. The van der Waals surface area contributed by atoms with Crippen LogP contribution in [0.2, 0.25) is 0 Å². The van der Waals surface area contributed by atoms with E-state index in [0.29, 0.717) is 23.0 Å². The number of hydrogen-bond acceptors (Lipinski definition) is 24. The highest BCUT2D eigenvalue weighted by atomic mass is 16.6. The van der Waals surface area contributed by atoms with Gasteiger partial charge in [0.05, 0.1) is 70.3 Å². The highest BCUT2D eigenvalue weighted by Gasteiger charge is 2.40. The Labute approximate surface area is 694 Å². The minimum absolute atomic E-state index is 0.133. The number of rotatable bonds is 49. The summed E-state index contributed by atoms with van der Waals surface area (Å²) in [6.07, 6.45) is 0.610. The largest absolute Gasteiger partial charge is 0.482 e. The van der Waals surface area contributed by atoms with Crippen molar-refractivity contribution >= 4 is 103 Å². The van der Waals surface area contributed by atoms with Crippen LogP contribution in [-0.2, 0) is 76.1 Å². The molecule has 10 rings (SSSR count). The van der Waals surface area contributed by atoms with Crippen LogP contribution in [0.15, 0.2) is 218 Å². The Kier molecular flexibility index (Phi) is 32.8. The maximum absolute atomic E-state index is 13.9. The first-order valence-corrected chi connectivity index (χ1v) is 39.6. The van der Waals surface area contributed by atoms with Crippen LogP contribution in [0.4, 0.5) is 0 Å². The number of aromatic carboxylic acids is 2. The number of unbranched alkanes of at least 4 members (excludes halogenated alkanes) is 1. The fourth-order valence-corrected chi connectivity index (χ4v) is 12.8. The third kappa shape index (κ3) is 26.3. The zero-order chi connectivity index (χ0) is 85.3. The molecular formula is C94H98O26. The molecule has 0 fully saturated rings. The monoisotopic (exact) mass is 1640 g/mol. The number of carboxylic acids is 2. The van der Waals surface area contributed by atoms with Crippen molar-refractivity contribution in [2.45, 2.75) is 79.1 Å². The van der Waals surface area contributed by atoms with Crippen LogP contribution in [0.25, 0.3) is 43.1 Å². The van der Waals surface area contributed by atoms with Gasteiger partial charge in [-0.3, -0.25) is 9.59 Å². The number of carbonyl (C=O) groups excluding carboxylic acids is 8. The van der Waals surface area contributed by atoms with E-state index in [-0.39, 0.29) is 140 Å². The molecule has 0 amide bonds. The Morgan fingerprint density at radius 2 is 0.467 bits per heavy atom. The maximum Gasteiger partial charge on any atom is 0.344 e. The number of hydrogen-bond donors (Lipinski definition) is 2. The van der Waals surface area contributed by atoms with E-state index in [4.69, 9.17) is 66.3 Å². The van der Waals surface area contributed by atoms with Gasteiger partial charge in [0, 0.05) is 12.8 Å². The molecule has 0 aliphatic heterocycles. The quantitative estimate of drug-likeness (QED) is 0.0203. The number of benzene rings is 10. The predicted octanol–water partition coefficient (Wildman–Crippen LogP) is 15.5. The van der Waals surface area contributed by atoms with E-state index in [1.54, 1.807) is 76.2 Å². The number of ether oxygens (including phenoxy) is 14. The van der Waals surface area contributed by atoms with Gasteiger partial charge in [-0.1, -0.05) is 173 Å². The Morgan fingerprint density at radius 1 is 0.250 bits per heavy atom. The molecule has 10 aromatic rings. The first-order valence-electron chi connectivity index (χ1n) is 39.6. The van der Waals surface area contributed by atoms with E-state index in [1.165, 1.54) is 48.5 Å². The van der Waals surface area contributed by atoms with E-state index in [9.17, 15) is 58.2 Å². The van der Waals surface area contributed by atoms with Gasteiger partial charge in [-0.2, -0.15) is 0 Å². The van der Waals surface area contributed by atoms with E-state index >= 15 is 0 Å². The van der Waals surface area contributed by atoms with E-state index in [2.05, 4.69) is 0 Å². The summed E-state index contributed by atoms with van der Waals surface area (Å²) in [4.78, 5) is 134. The molecule has 0 aliphatic carbocycles. The van der Waals surface area contributed by atoms with Crippen molar-refractivity contribution < 1.29 is 124 Å². The van der Waals surface area contributed by atoms with Gasteiger partial charge in [-0.15, -0.1) is 0 Å². The average molecular weight is 1640 g/mol. The van der Waals surface area contributed by atoms with Crippen LogP contribution in [0.1, 0.15) is 120 Å². The van der Waals surface area contributed by atoms with Crippen LogP contribution in [0.3, 0.4) is 0 Å². The summed E-state index contributed by atoms with van der Waals surface area (Å²) in [7, 11) is 0. The molecule has 2 N–H and O–H groups in total. The SMILES string of the molecule is CCC(COCC(CC)(COC(=O)COc1ccc2ccccc2c1)COC(=O)c1ccccc1C(=O)O)(COC(=O)CCCCC(=O)OCC(CC)(COCC(CC)(COC(=O)COc1ccc2ccccc2c1)COC(=O)c1ccccc1C(=O)O)COC(=O)COc1ccc2ccccc2c1)COC(=O)COc1ccc2ccccc2c1. The van der Waals surface area contributed by atoms with Gasteiger partial charge in [0.25, 0.3) is 0 Å². The van der Waals surface area contributed by atoms with E-state index < -0.39 is 121 Å². The van der Waals surface area contributed by atoms with E-state index in [0.717, 1.165) is 43.1 Å². The molecule has 120 heavy (non-hydrogen) atoms. The molecule has 630 valence electrons. The van der Waals surface area contributed by atoms with E-state index in [1.807, 2.05) is 121 Å². The van der Waals surface area contributed by atoms with Crippen molar-refractivity contribution in [1.82, 2.24) is 0 Å². The number of carboxylic acid groups (broad SMARTS) is 2. The summed E-state index contributed by atoms with van der Waals surface area (Å²) in [5.74, 6) is -7.39. The molecule has 4 atom stereocenters. The molecule has 26 nitrogen and oxygen atoms in total. The van der Waals surface area contributed by atoms with Crippen LogP contribution in [0.5, 0.6) is 23.0 Å². The zero-order valence-corrected chi connectivity index (χ0v) is 67.4. The van der Waals surface area contributed by atoms with Crippen molar-refractivity contribution in [2.75, 3.05) is 106 Å². The van der Waals surface area contributed by atoms with Gasteiger partial charge >= 0.3 is 59.7 Å². The summed E-state index contributed by atoms with van der Waals surface area (Å²) < 4.78 is 83.3. The van der Waals surface area contributed by atoms with Crippen molar-refractivity contribution in [2.24, 2.45) is 21.7 Å². The molecule has 0 saturated heterocycles. The molecule has 26 heteroatoms. The van der Waals surface area contributed by atoms with Crippen LogP contribution in [0, 0.1) is 21.7 Å². The molecule has 0 bridgehead atoms. The van der Waals surface area contributed by atoms with Crippen molar-refractivity contribution in [3.8, 4) is 23.0 Å². The smallest absolute Gasteiger partial charge is 0.344 e. The minimum Gasteiger partial charge on any atom is -0.482 e. The number of fused-ring (bicyclic) bond motifs is 4. The summed E-state index contributed by atoms with van der Waals surface area (Å²) in [6.45, 7) is 1.03. The maximum atomic E-state index is 13.9. The van der Waals surface area contributed by atoms with Gasteiger partial charge in [-0.05, 0) is 154 Å². The molecule has 0 aliphatic rings. The third-order valence-corrected chi connectivity index (χ3v) is 21.0. The zero-order valence-electron chi connectivity index (χ0n) is 67.4. The molecule has 4 unspecified atom stereocenters. The lowest BCUT2D eigenvalue weighted by Crippen LogP contribution is -2.43. The molecule has 0 spiro atoms. The molecule has 0 saturated carbocycles. The van der Waals surface area contributed by atoms with Gasteiger partial charge in [0.15, 0.2) is 26.4 Å². The van der Waals surface area contributed by atoms with Gasteiger partial charge in [-0.25, -0.2) is 38.4 Å². The average Bonchev–Trinajstić information content (AvgIpc) is 0.820. The summed E-state index contributed by atoms with van der Waals surface area (Å²) in [5.41, 5.74) is -6.12. The molecule has 10 aromatic carbocycles. The highest BCUT2D eigenvalue weighted by molar-refractivity contribution is 6.03. The lowest BCUT2D eigenvalue weighted by molar-refractivity contribution is -0.164. The van der Waals surface area contributed by atoms with Gasteiger partial charge < -0.3 is 76.5 Å². The Bertz CT molecular complexity index is 4890. The number of esters is 8. The standard InChI is InChI=1S/C94H98O26/c1-5-91(59-115-83(97)49-109-73-41-37-65-23-9-13-27-69(65)45-73,53-107-55-93(7-3,63-119-89(105)79-33-19-17-31-77(79)87(101)102)61-117-85(99)51-111-75-43-39-67-25-11-15-29-71(67)47-75)57-113-81(95)35-21-22-36-82(96)114-58-92(6-2,60-116-84(98)50-110-74-42-38-66-24-10-14-28-70(66)46-74)54-108-56-94(8-4,64-120-90(106)80-34-20-18-32-78(80)88(103)104)62-118-86(100)52-112-76-44-40-68-26-12-16-30-72(68)48-76/h9-20,23-34,37-48H,5-8,21-22,35-36,49-64H2,1-4H3,(H,101,102)(H,103,104). The third-order valence-electron chi connectivity index (χ3n) is 21.0. The van der Waals surface area contributed by atoms with Gasteiger partial charge in [0.1, 0.15) is 75.9 Å². The predicted molar refractivity (Wildman–Crippen MR) is 442 cm³/mol. The second kappa shape index (κ2) is 44.0. The molecular weight excluding hydrogens is 1550 g/mol. The Morgan fingerprint density at radius 3 is 0.708 bits per heavy atom. The topological polar surface area (TPSA) is 340 Å². The molecule has 0 aromatic heterocycles. The fraction of sp³-hybridized carbons (Fsp3) is 0.340. The van der Waals surface area contributed by atoms with Crippen molar-refractivity contribution in [3.63, 3.8) is 0 Å². The first kappa shape index (κ1) is 89.4. The summed E-state index contributed by atoms with van der Waals surface area (Å²) >= 11 is 0. The van der Waals surface area contributed by atoms with Crippen LogP contribution >= 0.6 is 0 Å². The first-order chi connectivity index (χ1) is 58.0. The molecule has 0 radical (unpaired) electrons. The minimum atomic E-state index is -1.36. The Balaban J connectivity index is 0.794. The summed E-state index contributed by atoms with van der Waals surface area (Å²) in [5, 5.41) is 27.2. The fourth-order valence-electron chi connectivity index (χ4n) is 12.8. The lowest BCUT2D eigenvalue weighted by atomic mass is 9.86.